The second kappa shape index (κ2) is 13.7. The lowest BCUT2D eigenvalue weighted by Gasteiger charge is -2.27. The molecule has 1 aliphatic rings. The Morgan fingerprint density at radius 3 is 2.57 bits per heavy atom. The van der Waals surface area contributed by atoms with E-state index in [0.717, 1.165) is 58.1 Å². The van der Waals surface area contributed by atoms with E-state index in [-0.39, 0.29) is 24.0 Å². The van der Waals surface area contributed by atoms with E-state index >= 15 is 0 Å². The van der Waals surface area contributed by atoms with Crippen LogP contribution in [-0.2, 0) is 17.6 Å². The number of halogens is 1. The molecule has 1 saturated carbocycles. The molecule has 0 bridgehead atoms. The Hall–Kier alpha value is -0.410. The average molecular weight is 523 g/mol. The van der Waals surface area contributed by atoms with E-state index in [0.29, 0.717) is 5.41 Å². The first-order valence-electron chi connectivity index (χ1n) is 10.7. The van der Waals surface area contributed by atoms with Gasteiger partial charge in [-0.15, -0.1) is 35.3 Å². The Labute approximate surface area is 192 Å². The molecule has 0 saturated heterocycles. The van der Waals surface area contributed by atoms with Crippen LogP contribution in [0.15, 0.2) is 4.99 Å². The Bertz CT molecular complexity index is 585. The van der Waals surface area contributed by atoms with E-state index in [9.17, 15) is 0 Å². The number of aryl methyl sites for hydroxylation is 2. The summed E-state index contributed by atoms with van der Waals surface area (Å²) in [5, 5.41) is 8.11. The van der Waals surface area contributed by atoms with Crippen LogP contribution in [0.5, 0.6) is 0 Å². The van der Waals surface area contributed by atoms with Crippen molar-refractivity contribution in [2.75, 3.05) is 32.8 Å². The molecule has 1 heterocycles. The predicted molar refractivity (Wildman–Crippen MR) is 131 cm³/mol. The van der Waals surface area contributed by atoms with Gasteiger partial charge in [0.1, 0.15) is 0 Å². The molecule has 0 radical (unpaired) electrons. The lowest BCUT2D eigenvalue weighted by Crippen LogP contribution is -2.39. The zero-order valence-corrected chi connectivity index (χ0v) is 21.3. The molecular formula is C21H39IN4OS. The zero-order chi connectivity index (χ0) is 19.5. The van der Waals surface area contributed by atoms with Crippen LogP contribution in [0.3, 0.4) is 0 Å². The van der Waals surface area contributed by atoms with Crippen molar-refractivity contribution in [2.24, 2.45) is 10.4 Å². The van der Waals surface area contributed by atoms with Gasteiger partial charge in [-0.05, 0) is 51.9 Å². The van der Waals surface area contributed by atoms with Gasteiger partial charge in [-0.3, -0.25) is 4.99 Å². The van der Waals surface area contributed by atoms with Gasteiger partial charge < -0.3 is 15.4 Å². The normalized spacial score (nSPS) is 16.1. The minimum absolute atomic E-state index is 0. The van der Waals surface area contributed by atoms with Crippen LogP contribution < -0.4 is 10.6 Å². The highest BCUT2D eigenvalue weighted by molar-refractivity contribution is 14.0. The number of aliphatic imine (C=N–C) groups is 1. The summed E-state index contributed by atoms with van der Waals surface area (Å²) in [7, 11) is 0. The van der Waals surface area contributed by atoms with Crippen LogP contribution >= 0.6 is 35.3 Å². The van der Waals surface area contributed by atoms with E-state index in [1.54, 1.807) is 0 Å². The summed E-state index contributed by atoms with van der Waals surface area (Å²) in [5.74, 6) is 0.934. The third-order valence-corrected chi connectivity index (χ3v) is 6.54. The molecule has 0 aliphatic heterocycles. The van der Waals surface area contributed by atoms with Gasteiger partial charge in [0.05, 0.1) is 10.7 Å². The Morgan fingerprint density at radius 1 is 1.21 bits per heavy atom. The molecule has 0 atom stereocenters. The minimum Gasteiger partial charge on any atom is -0.382 e. The summed E-state index contributed by atoms with van der Waals surface area (Å²) >= 11 is 1.82. The van der Waals surface area contributed by atoms with Gasteiger partial charge in [-0.2, -0.15) is 0 Å². The fourth-order valence-electron chi connectivity index (χ4n) is 3.84. The molecule has 1 fully saturated rings. The highest BCUT2D eigenvalue weighted by atomic mass is 127. The summed E-state index contributed by atoms with van der Waals surface area (Å²) in [6.45, 7) is 12.8. The number of ether oxygens (including phenoxy) is 1. The van der Waals surface area contributed by atoms with Crippen LogP contribution in [0, 0.1) is 12.3 Å². The van der Waals surface area contributed by atoms with Crippen LogP contribution in [0.4, 0.5) is 0 Å². The highest BCUT2D eigenvalue weighted by Gasteiger charge is 2.33. The molecule has 1 aliphatic carbocycles. The molecule has 1 aromatic heterocycles. The standard InChI is InChI=1S/C21H38N4OS.HI/c1-5-18-17(4)27-19(25-18)10-14-23-20(22-6-2)24-16-21(11-8-9-12-21)13-15-26-7-3;/h5-16H2,1-4H3,(H2,22,23,24);1H. The van der Waals surface area contributed by atoms with Crippen molar-refractivity contribution in [1.82, 2.24) is 15.6 Å². The van der Waals surface area contributed by atoms with E-state index < -0.39 is 0 Å². The van der Waals surface area contributed by atoms with Crippen LogP contribution in [-0.4, -0.2) is 43.8 Å². The SMILES string of the molecule is CCNC(=NCC1(CCOCC)CCCC1)NCCc1nc(CC)c(C)s1.I. The average Bonchev–Trinajstić information content (AvgIpc) is 3.27. The lowest BCUT2D eigenvalue weighted by atomic mass is 9.83. The smallest absolute Gasteiger partial charge is 0.191 e. The molecular weight excluding hydrogens is 483 g/mol. The lowest BCUT2D eigenvalue weighted by molar-refractivity contribution is 0.107. The van der Waals surface area contributed by atoms with E-state index in [1.807, 2.05) is 11.3 Å². The van der Waals surface area contributed by atoms with Crippen molar-refractivity contribution < 1.29 is 4.74 Å². The van der Waals surface area contributed by atoms with Gasteiger partial charge in [0.15, 0.2) is 5.96 Å². The monoisotopic (exact) mass is 522 g/mol. The molecule has 0 unspecified atom stereocenters. The van der Waals surface area contributed by atoms with Gasteiger partial charge in [-0.1, -0.05) is 19.8 Å². The zero-order valence-electron chi connectivity index (χ0n) is 18.1. The molecule has 0 amide bonds. The topological polar surface area (TPSA) is 58.5 Å². The maximum atomic E-state index is 5.62. The first-order valence-corrected chi connectivity index (χ1v) is 11.5. The predicted octanol–water partition coefficient (Wildman–Crippen LogP) is 4.72. The van der Waals surface area contributed by atoms with Crippen molar-refractivity contribution in [3.63, 3.8) is 0 Å². The summed E-state index contributed by atoms with van der Waals surface area (Å²) in [5.41, 5.74) is 1.58. The molecule has 2 N–H and O–H groups in total. The Kier molecular flexibility index (Phi) is 12.6. The fourth-order valence-corrected chi connectivity index (χ4v) is 4.87. The number of hydrogen-bond donors (Lipinski definition) is 2. The maximum absolute atomic E-state index is 5.62. The van der Waals surface area contributed by atoms with Crippen molar-refractivity contribution in [3.8, 4) is 0 Å². The number of aromatic nitrogens is 1. The molecule has 28 heavy (non-hydrogen) atoms. The maximum Gasteiger partial charge on any atom is 0.191 e. The number of nitrogens with one attached hydrogen (secondary N) is 2. The van der Waals surface area contributed by atoms with Crippen molar-refractivity contribution >= 4 is 41.3 Å². The largest absolute Gasteiger partial charge is 0.382 e. The molecule has 162 valence electrons. The Morgan fingerprint density at radius 2 is 1.96 bits per heavy atom. The van der Waals surface area contributed by atoms with Crippen LogP contribution in [0.1, 0.15) is 68.5 Å². The van der Waals surface area contributed by atoms with Crippen LogP contribution in [0.25, 0.3) is 0 Å². The minimum atomic E-state index is 0. The van der Waals surface area contributed by atoms with Crippen molar-refractivity contribution in [1.29, 1.82) is 0 Å². The molecule has 5 nitrogen and oxygen atoms in total. The number of nitrogens with zero attached hydrogens (tertiary/aromatic N) is 2. The highest BCUT2D eigenvalue weighted by Crippen LogP contribution is 2.41. The first kappa shape index (κ1) is 25.6. The van der Waals surface area contributed by atoms with Gasteiger partial charge in [0.2, 0.25) is 0 Å². The second-order valence-corrected chi connectivity index (χ2v) is 8.78. The third-order valence-electron chi connectivity index (χ3n) is 5.47. The number of guanidine groups is 1. The molecule has 7 heteroatoms. The van der Waals surface area contributed by atoms with Crippen molar-refractivity contribution in [2.45, 2.75) is 72.6 Å². The summed E-state index contributed by atoms with van der Waals surface area (Å²) in [6.07, 6.45) is 8.31. The third kappa shape index (κ3) is 8.14. The van der Waals surface area contributed by atoms with Crippen LogP contribution in [0.2, 0.25) is 0 Å². The Balaban J connectivity index is 0.00000392. The summed E-state index contributed by atoms with van der Waals surface area (Å²) in [6, 6.07) is 0. The van der Waals surface area contributed by atoms with Crippen molar-refractivity contribution in [3.05, 3.63) is 15.6 Å². The quantitative estimate of drug-likeness (QED) is 0.191. The van der Waals surface area contributed by atoms with E-state index in [4.69, 9.17) is 14.7 Å². The molecule has 1 aromatic rings. The summed E-state index contributed by atoms with van der Waals surface area (Å²) < 4.78 is 5.62. The fraction of sp³-hybridized carbons (Fsp3) is 0.810. The van der Waals surface area contributed by atoms with Gasteiger partial charge >= 0.3 is 0 Å². The number of rotatable bonds is 11. The number of thiazole rings is 1. The number of hydrogen-bond acceptors (Lipinski definition) is 4. The molecule has 0 aromatic carbocycles. The second-order valence-electron chi connectivity index (χ2n) is 7.49. The molecule has 0 spiro atoms. The summed E-state index contributed by atoms with van der Waals surface area (Å²) in [4.78, 5) is 11.0. The van der Waals surface area contributed by atoms with Gasteiger partial charge in [0, 0.05) is 44.1 Å². The first-order chi connectivity index (χ1) is 13.1. The van der Waals surface area contributed by atoms with Gasteiger partial charge in [-0.25, -0.2) is 4.98 Å². The van der Waals surface area contributed by atoms with E-state index in [2.05, 4.69) is 38.3 Å². The van der Waals surface area contributed by atoms with Gasteiger partial charge in [0.25, 0.3) is 0 Å². The molecule has 2 rings (SSSR count). The van der Waals surface area contributed by atoms with E-state index in [1.165, 1.54) is 41.3 Å².